The van der Waals surface area contributed by atoms with E-state index in [9.17, 15) is 9.18 Å². The molecule has 0 spiro atoms. The largest absolute Gasteiger partial charge is 0.348 e. The molecule has 32 heavy (non-hydrogen) atoms. The molecule has 3 aromatic heterocycles. The molecule has 1 fully saturated rings. The van der Waals surface area contributed by atoms with Crippen molar-refractivity contribution < 1.29 is 9.18 Å². The van der Waals surface area contributed by atoms with Crippen LogP contribution in [0.15, 0.2) is 36.5 Å². The summed E-state index contributed by atoms with van der Waals surface area (Å²) in [4.78, 5) is 19.6. The Morgan fingerprint density at radius 3 is 2.62 bits per heavy atom. The van der Waals surface area contributed by atoms with Gasteiger partial charge in [0, 0.05) is 31.9 Å². The molecule has 4 heterocycles. The molecule has 1 amide bonds. The molecule has 0 saturated carbocycles. The molecule has 1 N–H and O–H groups in total. The van der Waals surface area contributed by atoms with Crippen molar-refractivity contribution in [1.82, 2.24) is 29.9 Å². The number of anilines is 1. The molecule has 166 valence electrons. The number of nitrogens with zero attached hydrogens (tertiary/aromatic N) is 6. The summed E-state index contributed by atoms with van der Waals surface area (Å²) < 4.78 is 17.9. The van der Waals surface area contributed by atoms with Gasteiger partial charge in [0.2, 0.25) is 0 Å². The first-order valence-corrected chi connectivity index (χ1v) is 11.5. The molecule has 8 nitrogen and oxygen atoms in total. The van der Waals surface area contributed by atoms with Gasteiger partial charge in [-0.3, -0.25) is 9.48 Å². The summed E-state index contributed by atoms with van der Waals surface area (Å²) in [6.07, 6.45) is 3.51. The number of hydrogen-bond donors (Lipinski definition) is 1. The fourth-order valence-corrected chi connectivity index (χ4v) is 4.99. The predicted molar refractivity (Wildman–Crippen MR) is 122 cm³/mol. The van der Waals surface area contributed by atoms with Gasteiger partial charge in [-0.2, -0.15) is 15.2 Å². The molecule has 5 rings (SSSR count). The average Bonchev–Trinajstić information content (AvgIpc) is 3.52. The minimum Gasteiger partial charge on any atom is -0.348 e. The van der Waals surface area contributed by atoms with Crippen LogP contribution in [0.5, 0.6) is 0 Å². The van der Waals surface area contributed by atoms with Crippen LogP contribution in [0.3, 0.4) is 0 Å². The van der Waals surface area contributed by atoms with Gasteiger partial charge < -0.3 is 10.2 Å². The first kappa shape index (κ1) is 20.6. The lowest BCUT2D eigenvalue weighted by Gasteiger charge is -2.32. The number of aromatic nitrogens is 5. The maximum absolute atomic E-state index is 13.3. The summed E-state index contributed by atoms with van der Waals surface area (Å²) >= 11 is 1.62. The maximum Gasteiger partial charge on any atom is 0.271 e. The van der Waals surface area contributed by atoms with Crippen LogP contribution in [0.1, 0.15) is 35.9 Å². The molecule has 4 aromatic rings. The number of rotatable bonds is 5. The highest BCUT2D eigenvalue weighted by molar-refractivity contribution is 7.22. The number of benzene rings is 1. The second kappa shape index (κ2) is 8.34. The Bertz CT molecular complexity index is 1250. The number of amides is 1. The summed E-state index contributed by atoms with van der Waals surface area (Å²) in [7, 11) is 0. The minimum atomic E-state index is -0.276. The SMILES string of the molecule is CCn1ccc(C(=O)NC2CCN(c3nc4c(s3)c(C)nn4-c3ccc(F)cc3)CC2)n1. The monoisotopic (exact) mass is 453 g/mol. The van der Waals surface area contributed by atoms with Gasteiger partial charge in [0.25, 0.3) is 5.91 Å². The van der Waals surface area contributed by atoms with Crippen LogP contribution in [-0.2, 0) is 6.54 Å². The van der Waals surface area contributed by atoms with Gasteiger partial charge in [-0.1, -0.05) is 11.3 Å². The molecule has 0 unspecified atom stereocenters. The molecule has 1 aliphatic heterocycles. The number of nitrogens with one attached hydrogen (secondary N) is 1. The van der Waals surface area contributed by atoms with Crippen LogP contribution in [0.25, 0.3) is 16.0 Å². The van der Waals surface area contributed by atoms with Crippen LogP contribution in [-0.4, -0.2) is 49.6 Å². The van der Waals surface area contributed by atoms with E-state index in [4.69, 9.17) is 4.98 Å². The fraction of sp³-hybridized carbons (Fsp3) is 0.364. The van der Waals surface area contributed by atoms with E-state index < -0.39 is 0 Å². The molecule has 0 atom stereocenters. The van der Waals surface area contributed by atoms with Crippen molar-refractivity contribution in [2.75, 3.05) is 18.0 Å². The second-order valence-electron chi connectivity index (χ2n) is 7.91. The van der Waals surface area contributed by atoms with Crippen molar-refractivity contribution in [2.45, 2.75) is 39.3 Å². The lowest BCUT2D eigenvalue weighted by atomic mass is 10.1. The van der Waals surface area contributed by atoms with Crippen molar-refractivity contribution in [2.24, 2.45) is 0 Å². The van der Waals surface area contributed by atoms with E-state index in [1.165, 1.54) is 12.1 Å². The summed E-state index contributed by atoms with van der Waals surface area (Å²) in [5, 5.41) is 12.9. The molecule has 10 heteroatoms. The zero-order valence-corrected chi connectivity index (χ0v) is 18.8. The fourth-order valence-electron chi connectivity index (χ4n) is 3.95. The number of thiazole rings is 1. The van der Waals surface area contributed by atoms with Gasteiger partial charge in [-0.05, 0) is 57.0 Å². The van der Waals surface area contributed by atoms with Gasteiger partial charge in [0.05, 0.1) is 16.1 Å². The average molecular weight is 454 g/mol. The van der Waals surface area contributed by atoms with Crippen molar-refractivity contribution >= 4 is 32.7 Å². The Balaban J connectivity index is 1.27. The molecule has 1 saturated heterocycles. The van der Waals surface area contributed by atoms with Crippen LogP contribution >= 0.6 is 11.3 Å². The Morgan fingerprint density at radius 1 is 1.19 bits per heavy atom. The van der Waals surface area contributed by atoms with Gasteiger partial charge in [0.1, 0.15) is 11.5 Å². The molecule has 0 bridgehead atoms. The Labute approximate surface area is 188 Å². The lowest BCUT2D eigenvalue weighted by Crippen LogP contribution is -2.44. The third-order valence-corrected chi connectivity index (χ3v) is 6.96. The highest BCUT2D eigenvalue weighted by atomic mass is 32.1. The van der Waals surface area contributed by atoms with Crippen molar-refractivity contribution in [1.29, 1.82) is 0 Å². The third kappa shape index (κ3) is 3.86. The van der Waals surface area contributed by atoms with Gasteiger partial charge in [-0.25, -0.2) is 9.07 Å². The standard InChI is InChI=1S/C22H24FN7OS/c1-3-29-13-10-18(27-29)21(31)24-16-8-11-28(12-9-16)22-25-20-19(32-22)14(2)26-30(20)17-6-4-15(23)5-7-17/h4-7,10,13,16H,3,8-9,11-12H2,1-2H3,(H,24,31). The number of hydrogen-bond acceptors (Lipinski definition) is 6. The number of carbonyl (C=O) groups excluding carboxylic acids is 1. The Hall–Kier alpha value is -3.27. The van der Waals surface area contributed by atoms with Crippen molar-refractivity contribution in [3.05, 3.63) is 53.7 Å². The number of carbonyl (C=O) groups is 1. The first-order chi connectivity index (χ1) is 15.5. The van der Waals surface area contributed by atoms with Crippen molar-refractivity contribution in [3.8, 4) is 5.69 Å². The lowest BCUT2D eigenvalue weighted by molar-refractivity contribution is 0.0925. The van der Waals surface area contributed by atoms with E-state index in [0.717, 1.165) is 59.3 Å². The van der Waals surface area contributed by atoms with E-state index >= 15 is 0 Å². The number of halogens is 1. The van der Waals surface area contributed by atoms with E-state index in [2.05, 4.69) is 20.4 Å². The second-order valence-corrected chi connectivity index (χ2v) is 8.89. The first-order valence-electron chi connectivity index (χ1n) is 10.7. The number of aryl methyl sites for hydroxylation is 2. The summed E-state index contributed by atoms with van der Waals surface area (Å²) in [5.74, 6) is -0.396. The normalized spacial score (nSPS) is 14.9. The molecule has 1 aromatic carbocycles. The Kier molecular flexibility index (Phi) is 5.38. The Morgan fingerprint density at radius 2 is 1.94 bits per heavy atom. The zero-order valence-electron chi connectivity index (χ0n) is 18.0. The van der Waals surface area contributed by atoms with Crippen LogP contribution in [0, 0.1) is 12.7 Å². The topological polar surface area (TPSA) is 80.9 Å². The summed E-state index contributed by atoms with van der Waals surface area (Å²) in [6, 6.07) is 8.14. The highest BCUT2D eigenvalue weighted by Crippen LogP contribution is 2.33. The van der Waals surface area contributed by atoms with Gasteiger partial charge in [0.15, 0.2) is 10.8 Å². The number of piperidine rings is 1. The van der Waals surface area contributed by atoms with Gasteiger partial charge >= 0.3 is 0 Å². The van der Waals surface area contributed by atoms with Gasteiger partial charge in [-0.15, -0.1) is 0 Å². The van der Waals surface area contributed by atoms with Crippen LogP contribution < -0.4 is 10.2 Å². The van der Waals surface area contributed by atoms with E-state index in [0.29, 0.717) is 5.69 Å². The molecular formula is C22H24FN7OS. The zero-order chi connectivity index (χ0) is 22.2. The molecule has 0 aliphatic carbocycles. The van der Waals surface area contributed by atoms with Crippen molar-refractivity contribution in [3.63, 3.8) is 0 Å². The quantitative estimate of drug-likeness (QED) is 0.500. The molecule has 1 aliphatic rings. The molecular weight excluding hydrogens is 429 g/mol. The summed E-state index contributed by atoms with van der Waals surface area (Å²) in [5.41, 5.74) is 2.94. The van der Waals surface area contributed by atoms with E-state index in [1.54, 1.807) is 38.9 Å². The van der Waals surface area contributed by atoms with Crippen LogP contribution in [0.2, 0.25) is 0 Å². The van der Waals surface area contributed by atoms with Crippen LogP contribution in [0.4, 0.5) is 9.52 Å². The molecule has 0 radical (unpaired) electrons. The third-order valence-electron chi connectivity index (χ3n) is 5.75. The number of fused-ring (bicyclic) bond motifs is 1. The summed E-state index contributed by atoms with van der Waals surface area (Å²) in [6.45, 7) is 6.32. The maximum atomic E-state index is 13.3. The van der Waals surface area contributed by atoms with E-state index in [1.807, 2.05) is 20.0 Å². The van der Waals surface area contributed by atoms with E-state index in [-0.39, 0.29) is 17.8 Å². The highest BCUT2D eigenvalue weighted by Gasteiger charge is 2.25. The predicted octanol–water partition coefficient (Wildman–Crippen LogP) is 3.54. The smallest absolute Gasteiger partial charge is 0.271 e. The minimum absolute atomic E-state index is 0.120.